The summed E-state index contributed by atoms with van der Waals surface area (Å²) in [6.07, 6.45) is 3.32. The molecule has 2 aromatic heterocycles. The fraction of sp³-hybridized carbons (Fsp3) is 0.0952. The van der Waals surface area contributed by atoms with Gasteiger partial charge in [-0.1, -0.05) is 42.5 Å². The van der Waals surface area contributed by atoms with Gasteiger partial charge in [0.05, 0.1) is 5.75 Å². The van der Waals surface area contributed by atoms with Crippen LogP contribution in [0.4, 0.5) is 5.69 Å². The maximum absolute atomic E-state index is 12.3. The zero-order valence-corrected chi connectivity index (χ0v) is 15.4. The van der Waals surface area contributed by atoms with Crippen LogP contribution in [0.3, 0.4) is 0 Å². The highest BCUT2D eigenvalue weighted by Crippen LogP contribution is 2.19. The van der Waals surface area contributed by atoms with E-state index in [1.807, 2.05) is 30.3 Å². The van der Waals surface area contributed by atoms with Crippen molar-refractivity contribution in [2.45, 2.75) is 11.7 Å². The van der Waals surface area contributed by atoms with Gasteiger partial charge in [0.1, 0.15) is 6.54 Å². The van der Waals surface area contributed by atoms with Crippen molar-refractivity contribution in [2.24, 2.45) is 0 Å². The monoisotopic (exact) mass is 375 g/mol. The third-order valence-electron chi connectivity index (χ3n) is 4.17. The first-order valence-electron chi connectivity index (χ1n) is 8.67. The minimum atomic E-state index is -0.0453. The summed E-state index contributed by atoms with van der Waals surface area (Å²) in [5.41, 5.74) is 4.16. The molecule has 0 saturated carbocycles. The molecule has 2 heterocycles. The Morgan fingerprint density at radius 2 is 1.74 bits per heavy atom. The summed E-state index contributed by atoms with van der Waals surface area (Å²) >= 11 is 1.50. The van der Waals surface area contributed by atoms with Crippen molar-refractivity contribution in [3.8, 4) is 0 Å². The topological polar surface area (TPSA) is 61.7 Å². The molecule has 0 saturated heterocycles. The highest BCUT2D eigenvalue weighted by molar-refractivity contribution is 7.99. The van der Waals surface area contributed by atoms with E-state index in [-0.39, 0.29) is 5.91 Å². The lowest BCUT2D eigenvalue weighted by atomic mass is 10.2. The number of aromatic amines is 1. The molecule has 2 aromatic carbocycles. The molecular weight excluding hydrogens is 356 g/mol. The Balaban J connectivity index is 1.54. The normalized spacial score (nSPS) is 10.8. The molecule has 0 aliphatic heterocycles. The number of carbonyl (C=O) groups excluding carboxylic acids is 1. The fourth-order valence-corrected chi connectivity index (χ4v) is 3.75. The quantitative estimate of drug-likeness (QED) is 0.400. The first kappa shape index (κ1) is 17.3. The van der Waals surface area contributed by atoms with Crippen LogP contribution in [0.1, 0.15) is 5.56 Å². The fourth-order valence-electron chi connectivity index (χ4n) is 2.91. The molecule has 0 aliphatic carbocycles. The molecule has 6 heteroatoms. The number of thioether (sulfide) groups is 1. The third-order valence-corrected chi connectivity index (χ3v) is 5.17. The van der Waals surface area contributed by atoms with Crippen molar-refractivity contribution in [1.82, 2.24) is 9.97 Å². The Morgan fingerprint density at radius 3 is 2.56 bits per heavy atom. The van der Waals surface area contributed by atoms with Crippen LogP contribution in [0.15, 0.2) is 84.3 Å². The Hall–Kier alpha value is -3.12. The van der Waals surface area contributed by atoms with Crippen molar-refractivity contribution in [1.29, 1.82) is 0 Å². The zero-order valence-electron chi connectivity index (χ0n) is 14.6. The van der Waals surface area contributed by atoms with Crippen LogP contribution in [-0.4, -0.2) is 21.6 Å². The average Bonchev–Trinajstić information content (AvgIpc) is 3.06. The lowest BCUT2D eigenvalue weighted by molar-refractivity contribution is -0.700. The van der Waals surface area contributed by atoms with E-state index in [0.29, 0.717) is 5.75 Å². The van der Waals surface area contributed by atoms with Gasteiger partial charge >= 0.3 is 5.16 Å². The number of nitrogens with zero attached hydrogens (tertiary/aromatic N) is 2. The van der Waals surface area contributed by atoms with Gasteiger partial charge in [-0.2, -0.15) is 0 Å². The van der Waals surface area contributed by atoms with Crippen molar-refractivity contribution in [3.63, 3.8) is 0 Å². The number of amides is 1. The van der Waals surface area contributed by atoms with E-state index >= 15 is 0 Å². The predicted molar refractivity (Wildman–Crippen MR) is 108 cm³/mol. The van der Waals surface area contributed by atoms with E-state index in [9.17, 15) is 4.79 Å². The van der Waals surface area contributed by atoms with Gasteiger partial charge in [0.15, 0.2) is 11.0 Å². The van der Waals surface area contributed by atoms with Gasteiger partial charge < -0.3 is 5.32 Å². The highest BCUT2D eigenvalue weighted by atomic mass is 32.2. The number of hydrogen-bond donors (Lipinski definition) is 2. The Bertz CT molecular complexity index is 1050. The summed E-state index contributed by atoms with van der Waals surface area (Å²) in [6, 6.07) is 22.1. The number of aromatic nitrogens is 3. The Kier molecular flexibility index (Phi) is 5.16. The second-order valence-corrected chi connectivity index (χ2v) is 7.06. The third kappa shape index (κ3) is 4.17. The number of benzene rings is 2. The first-order valence-corrected chi connectivity index (χ1v) is 9.65. The van der Waals surface area contributed by atoms with Crippen LogP contribution in [0, 0.1) is 0 Å². The Morgan fingerprint density at radius 1 is 1.00 bits per heavy atom. The standard InChI is InChI=1S/C21H18N4OS/c26-20(23-17-10-12-22-13-11-17)15-27-21-24-18-8-4-5-9-19(18)25(21)14-16-6-2-1-3-7-16/h1-13H,14-15H2,(H,22,23,26)/p+1. The molecule has 0 atom stereocenters. The molecule has 5 nitrogen and oxygen atoms in total. The second-order valence-electron chi connectivity index (χ2n) is 6.09. The van der Waals surface area contributed by atoms with E-state index in [1.54, 1.807) is 24.5 Å². The zero-order chi connectivity index (χ0) is 18.5. The summed E-state index contributed by atoms with van der Waals surface area (Å²) in [6.45, 7) is 0.749. The minimum absolute atomic E-state index is 0.0453. The molecule has 0 fully saturated rings. The summed E-state index contributed by atoms with van der Waals surface area (Å²) in [7, 11) is 0. The van der Waals surface area contributed by atoms with Gasteiger partial charge in [-0.05, 0) is 41.6 Å². The smallest absolute Gasteiger partial charge is 0.317 e. The van der Waals surface area contributed by atoms with Crippen LogP contribution < -0.4 is 9.88 Å². The summed E-state index contributed by atoms with van der Waals surface area (Å²) < 4.78 is 2.22. The van der Waals surface area contributed by atoms with E-state index in [0.717, 1.165) is 28.4 Å². The molecule has 0 spiro atoms. The van der Waals surface area contributed by atoms with Crippen molar-refractivity contribution in [3.05, 3.63) is 84.7 Å². The number of anilines is 1. The maximum Gasteiger partial charge on any atom is 0.317 e. The summed E-state index contributed by atoms with van der Waals surface area (Å²) in [4.78, 5) is 19.7. The van der Waals surface area contributed by atoms with Crippen LogP contribution in [-0.2, 0) is 11.3 Å². The summed E-state index contributed by atoms with van der Waals surface area (Å²) in [5, 5.41) is 3.86. The number of carbonyl (C=O) groups is 1. The van der Waals surface area contributed by atoms with Crippen molar-refractivity contribution in [2.75, 3.05) is 11.1 Å². The molecule has 2 N–H and O–H groups in total. The van der Waals surface area contributed by atoms with Gasteiger partial charge in [-0.25, -0.2) is 9.55 Å². The molecule has 4 aromatic rings. The molecular formula is C21H19N4OS+. The van der Waals surface area contributed by atoms with Gasteiger partial charge in [0, 0.05) is 18.1 Å². The van der Waals surface area contributed by atoms with Crippen LogP contribution in [0.5, 0.6) is 0 Å². The average molecular weight is 375 g/mol. The van der Waals surface area contributed by atoms with Crippen molar-refractivity contribution < 1.29 is 9.36 Å². The van der Waals surface area contributed by atoms with Crippen LogP contribution in [0.25, 0.3) is 11.0 Å². The second kappa shape index (κ2) is 8.05. The minimum Gasteiger partial charge on any atom is -0.325 e. The number of nitrogens with one attached hydrogen (secondary N) is 2. The van der Waals surface area contributed by atoms with Gasteiger partial charge in [-0.3, -0.25) is 9.78 Å². The highest BCUT2D eigenvalue weighted by Gasteiger charge is 2.20. The van der Waals surface area contributed by atoms with Crippen LogP contribution in [0.2, 0.25) is 0 Å². The van der Waals surface area contributed by atoms with E-state index in [1.165, 1.54) is 17.3 Å². The molecule has 1 amide bonds. The predicted octanol–water partition coefficient (Wildman–Crippen LogP) is 3.63. The molecule has 0 unspecified atom stereocenters. The number of imidazole rings is 1. The largest absolute Gasteiger partial charge is 0.325 e. The molecule has 4 rings (SSSR count). The lowest BCUT2D eigenvalue weighted by Crippen LogP contribution is -2.35. The van der Waals surface area contributed by atoms with E-state index in [2.05, 4.69) is 44.1 Å². The number of rotatable bonds is 6. The maximum atomic E-state index is 12.3. The SMILES string of the molecule is O=C(CSc1[nH]c2ccccc2[n+]1Cc1ccccc1)Nc1ccncc1. The van der Waals surface area contributed by atoms with E-state index in [4.69, 9.17) is 0 Å². The first-order chi connectivity index (χ1) is 13.3. The van der Waals surface area contributed by atoms with Gasteiger partial charge in [0.25, 0.3) is 0 Å². The lowest BCUT2D eigenvalue weighted by Gasteiger charge is -2.04. The molecule has 0 radical (unpaired) electrons. The van der Waals surface area contributed by atoms with E-state index < -0.39 is 0 Å². The molecule has 134 valence electrons. The number of fused-ring (bicyclic) bond motifs is 1. The number of para-hydroxylation sites is 2. The van der Waals surface area contributed by atoms with Crippen molar-refractivity contribution >= 4 is 34.4 Å². The van der Waals surface area contributed by atoms with Gasteiger partial charge in [0.2, 0.25) is 5.91 Å². The number of pyridine rings is 1. The molecule has 0 bridgehead atoms. The molecule has 0 aliphatic rings. The summed E-state index contributed by atoms with van der Waals surface area (Å²) in [5.74, 6) is 0.278. The Labute approximate surface area is 161 Å². The van der Waals surface area contributed by atoms with Crippen LogP contribution >= 0.6 is 11.8 Å². The number of H-pyrrole nitrogens is 1. The number of hydrogen-bond acceptors (Lipinski definition) is 3. The van der Waals surface area contributed by atoms with Gasteiger partial charge in [-0.15, -0.1) is 0 Å². The molecule has 27 heavy (non-hydrogen) atoms.